The lowest BCUT2D eigenvalue weighted by atomic mass is 10.1. The van der Waals surface area contributed by atoms with Crippen molar-refractivity contribution in [3.63, 3.8) is 0 Å². The zero-order chi connectivity index (χ0) is 18.9. The third-order valence-corrected chi connectivity index (χ3v) is 4.97. The molecule has 1 amide bonds. The summed E-state index contributed by atoms with van der Waals surface area (Å²) in [6.45, 7) is 5.69. The van der Waals surface area contributed by atoms with Crippen LogP contribution in [0.4, 0.5) is 0 Å². The van der Waals surface area contributed by atoms with E-state index in [9.17, 15) is 4.79 Å². The highest BCUT2D eigenvalue weighted by Crippen LogP contribution is 2.22. The molecule has 0 saturated carbocycles. The largest absolute Gasteiger partial charge is 0.378 e. The third kappa shape index (κ3) is 7.63. The number of benzene rings is 1. The van der Waals surface area contributed by atoms with Gasteiger partial charge in [0.1, 0.15) is 0 Å². The van der Waals surface area contributed by atoms with E-state index in [0.717, 1.165) is 38.5 Å². The molecule has 27 heavy (non-hydrogen) atoms. The molecule has 1 aliphatic heterocycles. The zero-order valence-corrected chi connectivity index (χ0v) is 19.5. The predicted octanol–water partition coefficient (Wildman–Crippen LogP) is 3.42. The Labute approximate surface area is 188 Å². The summed E-state index contributed by atoms with van der Waals surface area (Å²) in [5.74, 6) is 0.668. The Morgan fingerprint density at radius 3 is 2.48 bits per heavy atom. The van der Waals surface area contributed by atoms with E-state index >= 15 is 0 Å². The summed E-state index contributed by atoms with van der Waals surface area (Å²) in [6, 6.07) is 4.83. The molecule has 1 aliphatic rings. The van der Waals surface area contributed by atoms with Crippen LogP contribution in [-0.4, -0.2) is 62.7 Å². The molecule has 0 radical (unpaired) electrons. The topological polar surface area (TPSA) is 66.0 Å². The number of aliphatic imine (C=N–C) groups is 1. The van der Waals surface area contributed by atoms with E-state index < -0.39 is 0 Å². The molecule has 2 N–H and O–H groups in total. The highest BCUT2D eigenvalue weighted by atomic mass is 127. The molecular formula is C18H27Cl2IN4O2. The number of amides is 1. The van der Waals surface area contributed by atoms with E-state index in [2.05, 4.69) is 20.5 Å². The molecule has 0 atom stereocenters. The van der Waals surface area contributed by atoms with Gasteiger partial charge in [0.15, 0.2) is 5.96 Å². The van der Waals surface area contributed by atoms with Crippen LogP contribution in [0.15, 0.2) is 23.2 Å². The lowest BCUT2D eigenvalue weighted by Crippen LogP contribution is -2.48. The van der Waals surface area contributed by atoms with Gasteiger partial charge in [0.05, 0.1) is 16.1 Å². The first kappa shape index (κ1) is 24.3. The first-order valence-corrected chi connectivity index (χ1v) is 9.61. The average Bonchev–Trinajstić information content (AvgIpc) is 2.65. The van der Waals surface area contributed by atoms with Crippen molar-refractivity contribution in [3.05, 3.63) is 33.8 Å². The van der Waals surface area contributed by atoms with Gasteiger partial charge in [0, 0.05) is 45.4 Å². The van der Waals surface area contributed by atoms with Crippen LogP contribution >= 0.6 is 47.2 Å². The van der Waals surface area contributed by atoms with Crippen LogP contribution in [0.1, 0.15) is 30.1 Å². The summed E-state index contributed by atoms with van der Waals surface area (Å²) in [4.78, 5) is 18.7. The van der Waals surface area contributed by atoms with Gasteiger partial charge in [0.2, 0.25) is 0 Å². The molecular weight excluding hydrogens is 502 g/mol. The van der Waals surface area contributed by atoms with Gasteiger partial charge >= 0.3 is 0 Å². The Balaban J connectivity index is 0.00000364. The van der Waals surface area contributed by atoms with Crippen LogP contribution in [0, 0.1) is 0 Å². The van der Waals surface area contributed by atoms with Crippen molar-refractivity contribution in [2.45, 2.75) is 25.9 Å². The summed E-state index contributed by atoms with van der Waals surface area (Å²) in [6.07, 6.45) is 2.35. The van der Waals surface area contributed by atoms with Gasteiger partial charge in [-0.3, -0.25) is 9.79 Å². The number of piperidine rings is 1. The van der Waals surface area contributed by atoms with Crippen molar-refractivity contribution in [2.75, 3.05) is 39.8 Å². The fourth-order valence-electron chi connectivity index (χ4n) is 2.89. The van der Waals surface area contributed by atoms with Gasteiger partial charge in [-0.25, -0.2) is 0 Å². The molecule has 0 spiro atoms. The molecule has 6 nitrogen and oxygen atoms in total. The van der Waals surface area contributed by atoms with Gasteiger partial charge in [-0.2, -0.15) is 0 Å². The molecule has 0 bridgehead atoms. The van der Waals surface area contributed by atoms with Crippen molar-refractivity contribution in [2.24, 2.45) is 4.99 Å². The number of likely N-dealkylation sites (tertiary alicyclic amines) is 1. The molecule has 1 aromatic carbocycles. The number of hydrogen-bond donors (Lipinski definition) is 2. The molecule has 1 saturated heterocycles. The van der Waals surface area contributed by atoms with Gasteiger partial charge in [-0.15, -0.1) is 24.0 Å². The minimum Gasteiger partial charge on any atom is -0.378 e. The van der Waals surface area contributed by atoms with Crippen LogP contribution < -0.4 is 10.6 Å². The predicted molar refractivity (Wildman–Crippen MR) is 122 cm³/mol. The maximum Gasteiger partial charge on any atom is 0.251 e. The summed E-state index contributed by atoms with van der Waals surface area (Å²) < 4.78 is 5.68. The Morgan fingerprint density at radius 2 is 1.89 bits per heavy atom. The molecule has 1 aromatic rings. The van der Waals surface area contributed by atoms with Gasteiger partial charge in [0.25, 0.3) is 5.91 Å². The van der Waals surface area contributed by atoms with Gasteiger partial charge in [-0.05, 0) is 38.0 Å². The van der Waals surface area contributed by atoms with Gasteiger partial charge < -0.3 is 20.3 Å². The fraction of sp³-hybridized carbons (Fsp3) is 0.556. The zero-order valence-electron chi connectivity index (χ0n) is 15.6. The number of hydrogen-bond acceptors (Lipinski definition) is 3. The Hall–Kier alpha value is -0.770. The lowest BCUT2D eigenvalue weighted by molar-refractivity contribution is 0.0264. The number of guanidine groups is 1. The maximum absolute atomic E-state index is 12.1. The number of halogens is 3. The van der Waals surface area contributed by atoms with E-state index in [-0.39, 0.29) is 29.9 Å². The highest BCUT2D eigenvalue weighted by Gasteiger charge is 2.21. The van der Waals surface area contributed by atoms with Crippen molar-refractivity contribution in [1.29, 1.82) is 0 Å². The second-order valence-corrected chi connectivity index (χ2v) is 6.81. The van der Waals surface area contributed by atoms with Crippen molar-refractivity contribution >= 4 is 59.0 Å². The summed E-state index contributed by atoms with van der Waals surface area (Å²) in [7, 11) is 1.77. The number of rotatable bonds is 6. The number of carbonyl (C=O) groups is 1. The number of carbonyl (C=O) groups excluding carboxylic acids is 1. The smallest absolute Gasteiger partial charge is 0.251 e. The van der Waals surface area contributed by atoms with Crippen molar-refractivity contribution < 1.29 is 9.53 Å². The Bertz CT molecular complexity index is 638. The second kappa shape index (κ2) is 12.6. The standard InChI is InChI=1S/C18H26Cl2N4O2.HI/c1-3-26-14-6-10-24(11-7-14)18(21-2)23-9-8-22-17(25)13-4-5-15(19)16(20)12-13;/h4-5,12,14H,3,6-11H2,1-2H3,(H,21,23)(H,22,25);1H. The number of nitrogens with zero attached hydrogens (tertiary/aromatic N) is 2. The molecule has 0 aliphatic carbocycles. The number of nitrogens with one attached hydrogen (secondary N) is 2. The number of ether oxygens (including phenoxy) is 1. The molecule has 0 aromatic heterocycles. The van der Waals surface area contributed by atoms with Crippen molar-refractivity contribution in [1.82, 2.24) is 15.5 Å². The first-order chi connectivity index (χ1) is 12.5. The Kier molecular flexibility index (Phi) is 11.4. The SMILES string of the molecule is CCOC1CCN(C(=NC)NCCNC(=O)c2ccc(Cl)c(Cl)c2)CC1.I. The maximum atomic E-state index is 12.1. The molecule has 1 fully saturated rings. The minimum atomic E-state index is -0.183. The van der Waals surface area contributed by atoms with E-state index in [1.807, 2.05) is 6.92 Å². The fourth-order valence-corrected chi connectivity index (χ4v) is 3.19. The van der Waals surface area contributed by atoms with Crippen LogP contribution in [0.3, 0.4) is 0 Å². The molecule has 2 rings (SSSR count). The van der Waals surface area contributed by atoms with Crippen LogP contribution in [0.2, 0.25) is 10.0 Å². The quantitative estimate of drug-likeness (QED) is 0.257. The molecule has 0 unspecified atom stereocenters. The van der Waals surface area contributed by atoms with Crippen molar-refractivity contribution in [3.8, 4) is 0 Å². The first-order valence-electron chi connectivity index (χ1n) is 8.85. The van der Waals surface area contributed by atoms with Crippen LogP contribution in [0.25, 0.3) is 0 Å². The van der Waals surface area contributed by atoms with Crippen LogP contribution in [-0.2, 0) is 4.74 Å². The van der Waals surface area contributed by atoms with Gasteiger partial charge in [-0.1, -0.05) is 23.2 Å². The van der Waals surface area contributed by atoms with E-state index in [0.29, 0.717) is 34.8 Å². The Morgan fingerprint density at radius 1 is 1.22 bits per heavy atom. The summed E-state index contributed by atoms with van der Waals surface area (Å²) in [5.41, 5.74) is 0.488. The monoisotopic (exact) mass is 528 g/mol. The molecule has 9 heteroatoms. The lowest BCUT2D eigenvalue weighted by Gasteiger charge is -2.34. The van der Waals surface area contributed by atoms with Crippen LogP contribution in [0.5, 0.6) is 0 Å². The van der Waals surface area contributed by atoms with E-state index in [4.69, 9.17) is 27.9 Å². The normalized spacial score (nSPS) is 15.3. The van der Waals surface area contributed by atoms with E-state index in [1.165, 1.54) is 0 Å². The third-order valence-electron chi connectivity index (χ3n) is 4.23. The highest BCUT2D eigenvalue weighted by molar-refractivity contribution is 14.0. The molecule has 1 heterocycles. The summed E-state index contributed by atoms with van der Waals surface area (Å²) >= 11 is 11.8. The van der Waals surface area contributed by atoms with E-state index in [1.54, 1.807) is 25.2 Å². The average molecular weight is 529 g/mol. The summed E-state index contributed by atoms with van der Waals surface area (Å²) in [5, 5.41) is 6.94. The minimum absolute atomic E-state index is 0. The second-order valence-electron chi connectivity index (χ2n) is 6.00. The molecule has 152 valence electrons.